The average Bonchev–Trinajstić information content (AvgIpc) is 3.07. The van der Waals surface area contributed by atoms with E-state index in [1.807, 2.05) is 25.7 Å². The molecule has 3 rings (SSSR count). The summed E-state index contributed by atoms with van der Waals surface area (Å²) in [5, 5.41) is 0. The lowest BCUT2D eigenvalue weighted by Gasteiger charge is -2.36. The minimum Gasteiger partial charge on any atom is -0.342 e. The fourth-order valence-electron chi connectivity index (χ4n) is 4.76. The summed E-state index contributed by atoms with van der Waals surface area (Å²) in [6.07, 6.45) is 6.22. The molecule has 1 aromatic rings. The van der Waals surface area contributed by atoms with Gasteiger partial charge in [-0.3, -0.25) is 9.59 Å². The highest BCUT2D eigenvalue weighted by Gasteiger charge is 2.34. The first-order valence-electron chi connectivity index (χ1n) is 12.3. The molecule has 2 aliphatic heterocycles. The van der Waals surface area contributed by atoms with Crippen LogP contribution in [0.4, 0.5) is 0 Å². The Hall–Kier alpha value is -1.93. The molecule has 0 spiro atoms. The second-order valence-electron chi connectivity index (χ2n) is 9.96. The quantitative estimate of drug-likeness (QED) is 0.653. The van der Waals surface area contributed by atoms with Crippen molar-refractivity contribution in [2.24, 2.45) is 11.8 Å². The number of rotatable bonds is 7. The van der Waals surface area contributed by atoms with Gasteiger partial charge in [0.1, 0.15) is 6.04 Å². The van der Waals surface area contributed by atoms with E-state index in [2.05, 4.69) is 4.72 Å². The predicted molar refractivity (Wildman–Crippen MR) is 129 cm³/mol. The molecule has 7 nitrogen and oxygen atoms in total. The van der Waals surface area contributed by atoms with Crippen molar-refractivity contribution in [3.63, 3.8) is 0 Å². The van der Waals surface area contributed by atoms with E-state index in [0.29, 0.717) is 32.4 Å². The molecule has 0 saturated carbocycles. The molecule has 1 unspecified atom stereocenters. The summed E-state index contributed by atoms with van der Waals surface area (Å²) in [5.74, 6) is 0.143. The third-order valence-corrected chi connectivity index (χ3v) is 8.20. The molecule has 8 heteroatoms. The van der Waals surface area contributed by atoms with E-state index >= 15 is 0 Å². The zero-order chi connectivity index (χ0) is 24.0. The summed E-state index contributed by atoms with van der Waals surface area (Å²) in [6, 6.07) is 5.82. The Kier molecular flexibility index (Phi) is 8.93. The fraction of sp³-hybridized carbons (Fsp3) is 0.680. The highest BCUT2D eigenvalue weighted by Crippen LogP contribution is 2.23. The standard InChI is InChI=1S/C25H39N3O4S/c1-19(2)18-23(26-33(31,32)22-10-8-20(3)9-11-22)25(30)28-16-12-21(13-17-28)24(29)27-14-6-4-5-7-15-27/h8-11,19,21,23,26H,4-7,12-18H2,1-3H3. The molecule has 184 valence electrons. The zero-order valence-corrected chi connectivity index (χ0v) is 21.1. The first-order chi connectivity index (χ1) is 15.7. The molecule has 1 N–H and O–H groups in total. The van der Waals surface area contributed by atoms with Crippen LogP contribution in [0.1, 0.15) is 64.4 Å². The van der Waals surface area contributed by atoms with Crippen LogP contribution in [0.5, 0.6) is 0 Å². The Morgan fingerprint density at radius 2 is 1.52 bits per heavy atom. The van der Waals surface area contributed by atoms with Gasteiger partial charge in [0.05, 0.1) is 4.90 Å². The molecule has 2 heterocycles. The van der Waals surface area contributed by atoms with Crippen LogP contribution >= 0.6 is 0 Å². The lowest BCUT2D eigenvalue weighted by atomic mass is 9.94. The number of sulfonamides is 1. The summed E-state index contributed by atoms with van der Waals surface area (Å²) >= 11 is 0. The summed E-state index contributed by atoms with van der Waals surface area (Å²) in [6.45, 7) is 8.52. The third-order valence-electron chi connectivity index (χ3n) is 6.71. The Labute approximate surface area is 199 Å². The van der Waals surface area contributed by atoms with E-state index in [4.69, 9.17) is 0 Å². The average molecular weight is 478 g/mol. The minimum atomic E-state index is -3.81. The van der Waals surface area contributed by atoms with Crippen molar-refractivity contribution in [3.05, 3.63) is 29.8 Å². The summed E-state index contributed by atoms with van der Waals surface area (Å²) < 4.78 is 28.5. The third kappa shape index (κ3) is 7.03. The van der Waals surface area contributed by atoms with E-state index in [9.17, 15) is 18.0 Å². The Morgan fingerprint density at radius 3 is 2.06 bits per heavy atom. The monoisotopic (exact) mass is 477 g/mol. The van der Waals surface area contributed by atoms with Crippen LogP contribution in [0.25, 0.3) is 0 Å². The molecule has 2 amide bonds. The molecular weight excluding hydrogens is 438 g/mol. The van der Waals surface area contributed by atoms with Gasteiger partial charge in [-0.25, -0.2) is 8.42 Å². The highest BCUT2D eigenvalue weighted by molar-refractivity contribution is 7.89. The maximum atomic E-state index is 13.3. The molecule has 0 bridgehead atoms. The van der Waals surface area contributed by atoms with Gasteiger partial charge in [0, 0.05) is 32.1 Å². The smallest absolute Gasteiger partial charge is 0.241 e. The molecule has 33 heavy (non-hydrogen) atoms. The maximum absolute atomic E-state index is 13.3. The van der Waals surface area contributed by atoms with Crippen LogP contribution in [0.2, 0.25) is 0 Å². The van der Waals surface area contributed by atoms with Crippen LogP contribution in [0.15, 0.2) is 29.2 Å². The first-order valence-corrected chi connectivity index (χ1v) is 13.8. The minimum absolute atomic E-state index is 0.0417. The zero-order valence-electron chi connectivity index (χ0n) is 20.3. The number of piperidine rings is 1. The summed E-state index contributed by atoms with van der Waals surface area (Å²) in [5.41, 5.74) is 0.973. The van der Waals surface area contributed by atoms with Gasteiger partial charge in [0.15, 0.2) is 0 Å². The number of carbonyl (C=O) groups is 2. The molecule has 2 saturated heterocycles. The van der Waals surface area contributed by atoms with Gasteiger partial charge >= 0.3 is 0 Å². The number of likely N-dealkylation sites (tertiary alicyclic amines) is 2. The van der Waals surface area contributed by atoms with Crippen LogP contribution in [0, 0.1) is 18.8 Å². The fourth-order valence-corrected chi connectivity index (χ4v) is 5.96. The second-order valence-corrected chi connectivity index (χ2v) is 11.7. The summed E-state index contributed by atoms with van der Waals surface area (Å²) in [7, 11) is -3.81. The van der Waals surface area contributed by atoms with Gasteiger partial charge in [-0.15, -0.1) is 0 Å². The summed E-state index contributed by atoms with van der Waals surface area (Å²) in [4.78, 5) is 30.2. The van der Waals surface area contributed by atoms with Gasteiger partial charge in [-0.1, -0.05) is 44.4 Å². The Bertz CT molecular complexity index is 898. The number of hydrogen-bond acceptors (Lipinski definition) is 4. The lowest BCUT2D eigenvalue weighted by molar-refractivity contribution is -0.141. The van der Waals surface area contributed by atoms with Crippen LogP contribution in [-0.2, 0) is 19.6 Å². The largest absolute Gasteiger partial charge is 0.342 e. The number of benzene rings is 1. The van der Waals surface area contributed by atoms with Gasteiger partial charge in [-0.2, -0.15) is 4.72 Å². The normalized spacial score (nSPS) is 19.4. The maximum Gasteiger partial charge on any atom is 0.241 e. The molecule has 0 aromatic heterocycles. The Balaban J connectivity index is 1.63. The number of nitrogens with one attached hydrogen (secondary N) is 1. The van der Waals surface area contributed by atoms with E-state index < -0.39 is 16.1 Å². The number of aryl methyl sites for hydroxylation is 1. The molecule has 2 fully saturated rings. The van der Waals surface area contributed by atoms with Crippen molar-refractivity contribution in [3.8, 4) is 0 Å². The molecule has 1 aromatic carbocycles. The van der Waals surface area contributed by atoms with Crippen molar-refractivity contribution in [2.75, 3.05) is 26.2 Å². The topological polar surface area (TPSA) is 86.8 Å². The SMILES string of the molecule is Cc1ccc(S(=O)(=O)NC(CC(C)C)C(=O)N2CCC(C(=O)N3CCCCCC3)CC2)cc1. The van der Waals surface area contributed by atoms with Crippen molar-refractivity contribution >= 4 is 21.8 Å². The van der Waals surface area contributed by atoms with E-state index in [0.717, 1.165) is 31.5 Å². The van der Waals surface area contributed by atoms with E-state index in [-0.39, 0.29) is 28.5 Å². The lowest BCUT2D eigenvalue weighted by Crippen LogP contribution is -2.52. The molecule has 2 aliphatic rings. The van der Waals surface area contributed by atoms with Crippen molar-refractivity contribution in [1.82, 2.24) is 14.5 Å². The molecule has 1 atom stereocenters. The van der Waals surface area contributed by atoms with Crippen LogP contribution in [0.3, 0.4) is 0 Å². The van der Waals surface area contributed by atoms with Crippen LogP contribution in [-0.4, -0.2) is 62.3 Å². The molecule has 0 radical (unpaired) electrons. The number of amides is 2. The van der Waals surface area contributed by atoms with Gasteiger partial charge in [0.25, 0.3) is 0 Å². The van der Waals surface area contributed by atoms with Gasteiger partial charge in [-0.05, 0) is 57.1 Å². The van der Waals surface area contributed by atoms with E-state index in [1.54, 1.807) is 29.2 Å². The molecular formula is C25H39N3O4S. The highest BCUT2D eigenvalue weighted by atomic mass is 32.2. The van der Waals surface area contributed by atoms with Gasteiger partial charge < -0.3 is 9.80 Å². The Morgan fingerprint density at radius 1 is 0.939 bits per heavy atom. The second kappa shape index (κ2) is 11.5. The number of hydrogen-bond donors (Lipinski definition) is 1. The first kappa shape index (κ1) is 25.7. The van der Waals surface area contributed by atoms with Crippen LogP contribution < -0.4 is 4.72 Å². The van der Waals surface area contributed by atoms with Crippen molar-refractivity contribution < 1.29 is 18.0 Å². The van der Waals surface area contributed by atoms with Crippen molar-refractivity contribution in [1.29, 1.82) is 0 Å². The number of carbonyl (C=O) groups excluding carboxylic acids is 2. The number of nitrogens with zero attached hydrogens (tertiary/aromatic N) is 2. The van der Waals surface area contributed by atoms with Crippen molar-refractivity contribution in [2.45, 2.75) is 76.7 Å². The predicted octanol–water partition coefficient (Wildman–Crippen LogP) is 3.33. The molecule has 0 aliphatic carbocycles. The van der Waals surface area contributed by atoms with Gasteiger partial charge in [0.2, 0.25) is 21.8 Å². The van der Waals surface area contributed by atoms with E-state index in [1.165, 1.54) is 12.8 Å².